The highest BCUT2D eigenvalue weighted by Gasteiger charge is 2.30. The van der Waals surface area contributed by atoms with Gasteiger partial charge in [0.1, 0.15) is 0 Å². The molecule has 0 unspecified atom stereocenters. The summed E-state index contributed by atoms with van der Waals surface area (Å²) in [5, 5.41) is 0. The average molecular weight is 335 g/mol. The monoisotopic (exact) mass is 335 g/mol. The molecule has 0 spiro atoms. The van der Waals surface area contributed by atoms with Gasteiger partial charge < -0.3 is 4.90 Å². The zero-order valence-electron chi connectivity index (χ0n) is 13.7. The van der Waals surface area contributed by atoms with Gasteiger partial charge in [-0.05, 0) is 24.8 Å². The summed E-state index contributed by atoms with van der Waals surface area (Å²) in [7, 11) is -3.18. The number of benzene rings is 1. The lowest BCUT2D eigenvalue weighted by Gasteiger charge is -2.33. The smallest absolute Gasteiger partial charge is 0.218 e. The van der Waals surface area contributed by atoms with E-state index in [9.17, 15) is 8.42 Å². The number of hydrogen-bond donors (Lipinski definition) is 1. The van der Waals surface area contributed by atoms with Crippen LogP contribution >= 0.6 is 0 Å². The van der Waals surface area contributed by atoms with Crippen molar-refractivity contribution in [2.75, 3.05) is 32.7 Å². The van der Waals surface area contributed by atoms with Crippen LogP contribution in [0, 0.1) is 5.92 Å². The number of allylic oxidation sites excluding steroid dienone is 2. The van der Waals surface area contributed by atoms with Crippen molar-refractivity contribution in [1.82, 2.24) is 4.31 Å². The van der Waals surface area contributed by atoms with Crippen LogP contribution in [0.25, 0.3) is 0 Å². The SMILES string of the molecule is O=S(=O)(Cc1ccccc1)N1CC[NH+](C[C@H]2CC=CCC2)CC1. The van der Waals surface area contributed by atoms with Gasteiger partial charge in [0.25, 0.3) is 0 Å². The van der Waals surface area contributed by atoms with E-state index < -0.39 is 10.0 Å². The molecule has 1 heterocycles. The number of rotatable bonds is 5. The fourth-order valence-electron chi connectivity index (χ4n) is 3.61. The van der Waals surface area contributed by atoms with Gasteiger partial charge in [0.05, 0.1) is 38.5 Å². The molecule has 126 valence electrons. The normalized spacial score (nSPS) is 23.9. The molecule has 1 fully saturated rings. The molecule has 4 nitrogen and oxygen atoms in total. The molecule has 1 aromatic rings. The van der Waals surface area contributed by atoms with Crippen LogP contribution in [0.3, 0.4) is 0 Å². The van der Waals surface area contributed by atoms with Crippen molar-refractivity contribution >= 4 is 10.0 Å². The molecule has 3 rings (SSSR count). The highest BCUT2D eigenvalue weighted by molar-refractivity contribution is 7.88. The molecular weight excluding hydrogens is 308 g/mol. The Kier molecular flexibility index (Phi) is 5.51. The lowest BCUT2D eigenvalue weighted by molar-refractivity contribution is -0.907. The third-order valence-corrected chi connectivity index (χ3v) is 6.82. The molecule has 2 aliphatic rings. The quantitative estimate of drug-likeness (QED) is 0.818. The first-order valence-corrected chi connectivity index (χ1v) is 10.2. The fourth-order valence-corrected chi connectivity index (χ4v) is 5.15. The van der Waals surface area contributed by atoms with Crippen molar-refractivity contribution in [3.63, 3.8) is 0 Å². The minimum atomic E-state index is -3.18. The second-order valence-corrected chi connectivity index (χ2v) is 8.71. The van der Waals surface area contributed by atoms with Crippen LogP contribution in [0.1, 0.15) is 24.8 Å². The molecule has 1 N–H and O–H groups in total. The maximum atomic E-state index is 12.6. The Balaban J connectivity index is 1.50. The zero-order chi connectivity index (χ0) is 16.1. The lowest BCUT2D eigenvalue weighted by atomic mass is 9.94. The molecular formula is C18H27N2O2S+. The Labute approximate surface area is 139 Å². The minimum absolute atomic E-state index is 0.122. The number of sulfonamides is 1. The van der Waals surface area contributed by atoms with Crippen LogP contribution in [-0.2, 0) is 15.8 Å². The summed E-state index contributed by atoms with van der Waals surface area (Å²) in [5.74, 6) is 0.902. The third-order valence-electron chi connectivity index (χ3n) is 4.97. The van der Waals surface area contributed by atoms with Crippen molar-refractivity contribution in [1.29, 1.82) is 0 Å². The zero-order valence-corrected chi connectivity index (χ0v) is 14.5. The van der Waals surface area contributed by atoms with Gasteiger partial charge in [0.2, 0.25) is 10.0 Å². The number of quaternary nitrogens is 1. The molecule has 0 amide bonds. The highest BCUT2D eigenvalue weighted by atomic mass is 32.2. The van der Waals surface area contributed by atoms with Crippen LogP contribution in [0.4, 0.5) is 0 Å². The number of hydrogen-bond acceptors (Lipinski definition) is 2. The second kappa shape index (κ2) is 7.60. The molecule has 0 saturated carbocycles. The number of nitrogens with zero attached hydrogens (tertiary/aromatic N) is 1. The van der Waals surface area contributed by atoms with Gasteiger partial charge in [-0.15, -0.1) is 0 Å². The summed E-state index contributed by atoms with van der Waals surface area (Å²) in [4.78, 5) is 1.57. The summed E-state index contributed by atoms with van der Waals surface area (Å²) < 4.78 is 26.8. The first kappa shape index (κ1) is 16.7. The molecule has 0 aromatic heterocycles. The largest absolute Gasteiger partial charge is 0.333 e. The Morgan fingerprint density at radius 1 is 1.09 bits per heavy atom. The maximum absolute atomic E-state index is 12.6. The summed E-state index contributed by atoms with van der Waals surface area (Å²) in [6.45, 7) is 4.39. The van der Waals surface area contributed by atoms with E-state index in [4.69, 9.17) is 0 Å². The lowest BCUT2D eigenvalue weighted by Crippen LogP contribution is -3.15. The predicted octanol–water partition coefficient (Wildman–Crippen LogP) is 1.07. The van der Waals surface area contributed by atoms with E-state index >= 15 is 0 Å². The fraction of sp³-hybridized carbons (Fsp3) is 0.556. The highest BCUT2D eigenvalue weighted by Crippen LogP contribution is 2.16. The Bertz CT molecular complexity index is 620. The van der Waals surface area contributed by atoms with E-state index in [1.54, 1.807) is 9.21 Å². The van der Waals surface area contributed by atoms with E-state index in [-0.39, 0.29) is 5.75 Å². The van der Waals surface area contributed by atoms with Crippen LogP contribution in [-0.4, -0.2) is 45.4 Å². The van der Waals surface area contributed by atoms with Crippen molar-refractivity contribution in [2.45, 2.75) is 25.0 Å². The summed E-state index contributed by atoms with van der Waals surface area (Å²) in [6, 6.07) is 9.47. The topological polar surface area (TPSA) is 41.8 Å². The Hall–Kier alpha value is -1.17. The van der Waals surface area contributed by atoms with E-state index in [2.05, 4.69) is 12.2 Å². The minimum Gasteiger partial charge on any atom is -0.333 e. The average Bonchev–Trinajstić information content (AvgIpc) is 2.57. The van der Waals surface area contributed by atoms with Crippen LogP contribution in [0.5, 0.6) is 0 Å². The Morgan fingerprint density at radius 2 is 1.83 bits per heavy atom. The van der Waals surface area contributed by atoms with Gasteiger partial charge in [0.15, 0.2) is 0 Å². The molecule has 0 radical (unpaired) electrons. The van der Waals surface area contributed by atoms with E-state index in [0.717, 1.165) is 24.6 Å². The molecule has 5 heteroatoms. The molecule has 1 atom stereocenters. The van der Waals surface area contributed by atoms with Crippen molar-refractivity contribution < 1.29 is 13.3 Å². The van der Waals surface area contributed by atoms with Gasteiger partial charge in [-0.2, -0.15) is 4.31 Å². The van der Waals surface area contributed by atoms with E-state index in [0.29, 0.717) is 13.1 Å². The van der Waals surface area contributed by atoms with Crippen LogP contribution in [0.15, 0.2) is 42.5 Å². The molecule has 23 heavy (non-hydrogen) atoms. The van der Waals surface area contributed by atoms with Gasteiger partial charge in [0, 0.05) is 5.92 Å². The van der Waals surface area contributed by atoms with Crippen LogP contribution in [0.2, 0.25) is 0 Å². The first-order valence-electron chi connectivity index (χ1n) is 8.64. The van der Waals surface area contributed by atoms with Gasteiger partial charge >= 0.3 is 0 Å². The van der Waals surface area contributed by atoms with E-state index in [1.807, 2.05) is 30.3 Å². The molecule has 1 saturated heterocycles. The number of nitrogens with one attached hydrogen (secondary N) is 1. The molecule has 1 aliphatic carbocycles. The van der Waals surface area contributed by atoms with E-state index in [1.165, 1.54) is 25.8 Å². The molecule has 1 aliphatic heterocycles. The Morgan fingerprint density at radius 3 is 2.48 bits per heavy atom. The van der Waals surface area contributed by atoms with Gasteiger partial charge in [-0.3, -0.25) is 0 Å². The van der Waals surface area contributed by atoms with Crippen molar-refractivity contribution in [3.8, 4) is 0 Å². The standard InChI is InChI=1S/C18H26N2O2S/c21-23(22,16-18-9-5-2-6-10-18)20-13-11-19(12-14-20)15-17-7-3-1-4-8-17/h1-3,5-6,9-10,17H,4,7-8,11-16H2/p+1/t17-/m0/s1. The first-order chi connectivity index (χ1) is 11.1. The maximum Gasteiger partial charge on any atom is 0.218 e. The summed E-state index contributed by atoms with van der Waals surface area (Å²) in [5.41, 5.74) is 0.872. The third kappa shape index (κ3) is 4.66. The summed E-state index contributed by atoms with van der Waals surface area (Å²) >= 11 is 0. The predicted molar refractivity (Wildman–Crippen MR) is 92.7 cm³/mol. The van der Waals surface area contributed by atoms with Gasteiger partial charge in [-0.1, -0.05) is 42.5 Å². The molecule has 0 bridgehead atoms. The van der Waals surface area contributed by atoms with Crippen LogP contribution < -0.4 is 4.90 Å². The number of piperazine rings is 1. The van der Waals surface area contributed by atoms with Crippen molar-refractivity contribution in [3.05, 3.63) is 48.0 Å². The van der Waals surface area contributed by atoms with Crippen molar-refractivity contribution in [2.24, 2.45) is 5.92 Å². The van der Waals surface area contributed by atoms with Gasteiger partial charge in [-0.25, -0.2) is 8.42 Å². The second-order valence-electron chi connectivity index (χ2n) is 6.75. The molecule has 1 aromatic carbocycles. The summed E-state index contributed by atoms with van der Waals surface area (Å²) in [6.07, 6.45) is 8.26.